The Balaban J connectivity index is 1.89. The molecule has 0 bridgehead atoms. The number of rotatable bonds is 3. The highest BCUT2D eigenvalue weighted by atomic mass is 16.4. The molecule has 0 amide bonds. The van der Waals surface area contributed by atoms with E-state index in [0.29, 0.717) is 22.5 Å². The lowest BCUT2D eigenvalue weighted by Crippen LogP contribution is -2.03. The molecule has 0 saturated heterocycles. The Bertz CT molecular complexity index is 1430. The van der Waals surface area contributed by atoms with E-state index in [1.54, 1.807) is 24.3 Å². The van der Waals surface area contributed by atoms with E-state index < -0.39 is 5.97 Å². The molecule has 4 nitrogen and oxygen atoms in total. The van der Waals surface area contributed by atoms with Crippen LogP contribution in [0.15, 0.2) is 100 Å². The van der Waals surface area contributed by atoms with E-state index in [-0.39, 0.29) is 11.0 Å². The largest absolute Gasteiger partial charge is 0.478 e. The number of benzene rings is 4. The molecule has 0 unspecified atom stereocenters. The first-order valence-corrected chi connectivity index (χ1v) is 9.50. The molecule has 0 spiro atoms. The second-order valence-electron chi connectivity index (χ2n) is 7.06. The third kappa shape index (κ3) is 2.95. The summed E-state index contributed by atoms with van der Waals surface area (Å²) in [6.07, 6.45) is 0. The van der Waals surface area contributed by atoms with Crippen LogP contribution < -0.4 is 5.43 Å². The molecule has 5 rings (SSSR count). The zero-order valence-electron chi connectivity index (χ0n) is 15.8. The summed E-state index contributed by atoms with van der Waals surface area (Å²) in [6.45, 7) is 0. The number of carboxylic acids is 1. The van der Waals surface area contributed by atoms with Crippen molar-refractivity contribution in [1.29, 1.82) is 0 Å². The molecular formula is C26H16O4. The van der Waals surface area contributed by atoms with Crippen molar-refractivity contribution in [3.63, 3.8) is 0 Å². The topological polar surface area (TPSA) is 67.5 Å². The summed E-state index contributed by atoms with van der Waals surface area (Å²) in [7, 11) is 0. The van der Waals surface area contributed by atoms with Crippen LogP contribution in [0.3, 0.4) is 0 Å². The van der Waals surface area contributed by atoms with E-state index in [0.717, 1.165) is 22.1 Å². The van der Waals surface area contributed by atoms with Gasteiger partial charge in [-0.15, -0.1) is 0 Å². The Morgan fingerprint density at radius 1 is 0.733 bits per heavy atom. The fraction of sp³-hybridized carbons (Fsp3) is 0. The van der Waals surface area contributed by atoms with Crippen LogP contribution in [-0.2, 0) is 0 Å². The third-order valence-electron chi connectivity index (χ3n) is 5.23. The Labute approximate surface area is 172 Å². The van der Waals surface area contributed by atoms with Crippen LogP contribution in [0.2, 0.25) is 0 Å². The molecule has 0 atom stereocenters. The average molecular weight is 392 g/mol. The Morgan fingerprint density at radius 3 is 2.30 bits per heavy atom. The molecule has 3 aromatic rings. The van der Waals surface area contributed by atoms with Gasteiger partial charge in [-0.3, -0.25) is 4.79 Å². The van der Waals surface area contributed by atoms with Gasteiger partial charge in [0.2, 0.25) is 0 Å². The molecule has 2 aliphatic rings. The summed E-state index contributed by atoms with van der Waals surface area (Å²) in [5.74, 6) is -0.579. The van der Waals surface area contributed by atoms with Crippen LogP contribution in [0.4, 0.5) is 0 Å². The van der Waals surface area contributed by atoms with Crippen LogP contribution >= 0.6 is 0 Å². The first-order valence-electron chi connectivity index (χ1n) is 9.50. The van der Waals surface area contributed by atoms with Crippen molar-refractivity contribution in [3.05, 3.63) is 107 Å². The summed E-state index contributed by atoms with van der Waals surface area (Å²) in [5, 5.41) is 10.5. The van der Waals surface area contributed by atoms with Gasteiger partial charge in [0.05, 0.1) is 5.56 Å². The minimum absolute atomic E-state index is 0.165. The van der Waals surface area contributed by atoms with Crippen molar-refractivity contribution in [1.82, 2.24) is 0 Å². The lowest BCUT2D eigenvalue weighted by molar-refractivity contribution is 0.0697. The van der Waals surface area contributed by atoms with Crippen LogP contribution in [0.25, 0.3) is 44.5 Å². The van der Waals surface area contributed by atoms with E-state index in [9.17, 15) is 14.7 Å². The lowest BCUT2D eigenvalue weighted by atomic mass is 9.90. The Kier molecular flexibility index (Phi) is 4.18. The van der Waals surface area contributed by atoms with Gasteiger partial charge in [0.25, 0.3) is 0 Å². The second-order valence-corrected chi connectivity index (χ2v) is 7.06. The van der Waals surface area contributed by atoms with Gasteiger partial charge in [0.15, 0.2) is 5.43 Å². The summed E-state index contributed by atoms with van der Waals surface area (Å²) in [4.78, 5) is 23.9. The molecule has 0 aromatic heterocycles. The predicted molar refractivity (Wildman–Crippen MR) is 117 cm³/mol. The smallest absolute Gasteiger partial charge is 0.336 e. The molecule has 0 saturated carbocycles. The van der Waals surface area contributed by atoms with Crippen molar-refractivity contribution < 1.29 is 14.3 Å². The van der Waals surface area contributed by atoms with Crippen molar-refractivity contribution in [2.75, 3.05) is 0 Å². The zero-order chi connectivity index (χ0) is 20.7. The zero-order valence-corrected chi connectivity index (χ0v) is 15.8. The molecule has 1 heterocycles. The maximum atomic E-state index is 12.0. The second kappa shape index (κ2) is 7.01. The highest BCUT2D eigenvalue weighted by Gasteiger charge is 2.21. The van der Waals surface area contributed by atoms with Crippen LogP contribution in [0.5, 0.6) is 0 Å². The highest BCUT2D eigenvalue weighted by Crippen LogP contribution is 2.42. The number of carbonyl (C=O) groups is 1. The fourth-order valence-electron chi connectivity index (χ4n) is 3.86. The van der Waals surface area contributed by atoms with Gasteiger partial charge >= 0.3 is 5.97 Å². The maximum Gasteiger partial charge on any atom is 0.336 e. The molecule has 1 aliphatic carbocycles. The van der Waals surface area contributed by atoms with Crippen molar-refractivity contribution in [2.24, 2.45) is 0 Å². The molecule has 144 valence electrons. The van der Waals surface area contributed by atoms with E-state index in [1.807, 2.05) is 54.6 Å². The van der Waals surface area contributed by atoms with Crippen molar-refractivity contribution in [3.8, 4) is 33.6 Å². The van der Waals surface area contributed by atoms with Gasteiger partial charge in [0.1, 0.15) is 11.3 Å². The predicted octanol–water partition coefficient (Wildman–Crippen LogP) is 5.93. The van der Waals surface area contributed by atoms with Crippen LogP contribution in [0.1, 0.15) is 10.4 Å². The highest BCUT2D eigenvalue weighted by molar-refractivity contribution is 6.07. The molecule has 3 aromatic carbocycles. The molecule has 4 heteroatoms. The molecular weight excluding hydrogens is 376 g/mol. The Hall–Kier alpha value is -4.18. The first-order chi connectivity index (χ1) is 14.6. The monoisotopic (exact) mass is 392 g/mol. The molecule has 0 radical (unpaired) electrons. The third-order valence-corrected chi connectivity index (χ3v) is 5.23. The van der Waals surface area contributed by atoms with E-state index in [2.05, 4.69) is 0 Å². The minimum atomic E-state index is -1.01. The van der Waals surface area contributed by atoms with Gasteiger partial charge in [-0.05, 0) is 47.0 Å². The first kappa shape index (κ1) is 17.9. The number of fused-ring (bicyclic) bond motifs is 2. The quantitative estimate of drug-likeness (QED) is 0.386. The molecule has 1 N–H and O–H groups in total. The van der Waals surface area contributed by atoms with Gasteiger partial charge in [-0.25, -0.2) is 4.79 Å². The van der Waals surface area contributed by atoms with Crippen LogP contribution in [0, 0.1) is 0 Å². The van der Waals surface area contributed by atoms with Gasteiger partial charge in [-0.2, -0.15) is 0 Å². The minimum Gasteiger partial charge on any atom is -0.478 e. The number of carboxylic acid groups (broad SMARTS) is 1. The normalized spacial score (nSPS) is 11.1. The van der Waals surface area contributed by atoms with Gasteiger partial charge in [-0.1, -0.05) is 54.6 Å². The standard InChI is InChI=1S/C26H16O4/c27-18-11-13-22-24(15-18)30-23-14-17(16-6-2-1-3-7-16)10-12-21(23)25(22)19-8-4-5-9-20(19)26(28)29/h1-15H,(H,28,29). The van der Waals surface area contributed by atoms with E-state index in [4.69, 9.17) is 4.42 Å². The SMILES string of the molecule is O=C(O)c1ccccc1-c1c2ccc(=O)cc-2oc2cc(-c3ccccc3)ccc12. The van der Waals surface area contributed by atoms with Crippen molar-refractivity contribution in [2.45, 2.75) is 0 Å². The number of hydrogen-bond donors (Lipinski definition) is 1. The Morgan fingerprint density at radius 2 is 1.50 bits per heavy atom. The van der Waals surface area contributed by atoms with E-state index in [1.165, 1.54) is 12.1 Å². The fourth-order valence-corrected chi connectivity index (χ4v) is 3.86. The maximum absolute atomic E-state index is 12.0. The van der Waals surface area contributed by atoms with Gasteiger partial charge in [0, 0.05) is 22.6 Å². The molecule has 1 aliphatic heterocycles. The van der Waals surface area contributed by atoms with E-state index >= 15 is 0 Å². The summed E-state index contributed by atoms with van der Waals surface area (Å²) < 4.78 is 6.10. The number of hydrogen-bond acceptors (Lipinski definition) is 3. The summed E-state index contributed by atoms with van der Waals surface area (Å²) in [6, 6.07) is 27.3. The van der Waals surface area contributed by atoms with Crippen molar-refractivity contribution >= 4 is 16.9 Å². The van der Waals surface area contributed by atoms with Gasteiger partial charge < -0.3 is 9.52 Å². The average Bonchev–Trinajstić information content (AvgIpc) is 2.77. The summed E-state index contributed by atoms with van der Waals surface area (Å²) in [5.41, 5.74) is 4.66. The molecule has 0 fully saturated rings. The molecule has 30 heavy (non-hydrogen) atoms. The number of aromatic carboxylic acids is 1. The van der Waals surface area contributed by atoms with Crippen LogP contribution in [-0.4, -0.2) is 11.1 Å². The summed E-state index contributed by atoms with van der Waals surface area (Å²) >= 11 is 0. The lowest BCUT2D eigenvalue weighted by Gasteiger charge is -2.17.